The summed E-state index contributed by atoms with van der Waals surface area (Å²) in [6.07, 6.45) is 0. The predicted molar refractivity (Wildman–Crippen MR) is 74.4 cm³/mol. The van der Waals surface area contributed by atoms with E-state index in [0.717, 1.165) is 13.1 Å². The average Bonchev–Trinajstić information content (AvgIpc) is 2.26. The molecular formula is C12H15BrN2OS. The van der Waals surface area contributed by atoms with Crippen molar-refractivity contribution in [2.45, 2.75) is 24.3 Å². The number of carbonyl (C=O) groups excluding carboxylic acids is 1. The van der Waals surface area contributed by atoms with Crippen molar-refractivity contribution in [2.75, 3.05) is 13.1 Å². The zero-order valence-corrected chi connectivity index (χ0v) is 12.3. The lowest BCUT2D eigenvalue weighted by Gasteiger charge is -2.34. The molecule has 1 amide bonds. The maximum Gasteiger partial charge on any atom is 0.272 e. The summed E-state index contributed by atoms with van der Waals surface area (Å²) in [6.45, 7) is 5.94. The van der Waals surface area contributed by atoms with Crippen LogP contribution in [0.4, 0.5) is 0 Å². The van der Waals surface area contributed by atoms with Crippen molar-refractivity contribution in [3.63, 3.8) is 0 Å². The SMILES string of the molecule is CC1CN(C(=O)c2cccc(Br)n2)CC(C)S1. The van der Waals surface area contributed by atoms with Gasteiger partial charge in [0.15, 0.2) is 0 Å². The lowest BCUT2D eigenvalue weighted by atomic mass is 10.2. The second kappa shape index (κ2) is 5.40. The van der Waals surface area contributed by atoms with Crippen LogP contribution < -0.4 is 0 Å². The number of rotatable bonds is 1. The molecule has 0 bridgehead atoms. The minimum absolute atomic E-state index is 0.0327. The fraction of sp³-hybridized carbons (Fsp3) is 0.500. The van der Waals surface area contributed by atoms with Gasteiger partial charge < -0.3 is 4.90 Å². The third-order valence-electron chi connectivity index (χ3n) is 2.64. The summed E-state index contributed by atoms with van der Waals surface area (Å²) < 4.78 is 0.704. The number of halogens is 1. The summed E-state index contributed by atoms with van der Waals surface area (Å²) in [5.74, 6) is 0.0327. The predicted octanol–water partition coefficient (Wildman–Crippen LogP) is 2.81. The van der Waals surface area contributed by atoms with Crippen molar-refractivity contribution in [1.29, 1.82) is 0 Å². The molecule has 2 rings (SSSR count). The van der Waals surface area contributed by atoms with Crippen LogP contribution in [0.5, 0.6) is 0 Å². The molecule has 0 spiro atoms. The Morgan fingerprint density at radius 2 is 2.06 bits per heavy atom. The second-order valence-electron chi connectivity index (χ2n) is 4.31. The van der Waals surface area contributed by atoms with Crippen LogP contribution in [-0.2, 0) is 0 Å². The molecule has 5 heteroatoms. The summed E-state index contributed by atoms with van der Waals surface area (Å²) in [7, 11) is 0. The second-order valence-corrected chi connectivity index (χ2v) is 7.01. The van der Waals surface area contributed by atoms with Gasteiger partial charge in [-0.25, -0.2) is 4.98 Å². The molecule has 92 valence electrons. The van der Waals surface area contributed by atoms with Crippen molar-refractivity contribution in [3.8, 4) is 0 Å². The minimum atomic E-state index is 0.0327. The van der Waals surface area contributed by atoms with E-state index in [2.05, 4.69) is 34.8 Å². The first-order valence-corrected chi connectivity index (χ1v) is 7.37. The number of thioether (sulfide) groups is 1. The van der Waals surface area contributed by atoms with Crippen LogP contribution in [0.1, 0.15) is 24.3 Å². The molecule has 1 aliphatic rings. The van der Waals surface area contributed by atoms with Gasteiger partial charge in [0.2, 0.25) is 0 Å². The Morgan fingerprint density at radius 3 is 2.65 bits per heavy atom. The normalized spacial score (nSPS) is 24.8. The van der Waals surface area contributed by atoms with E-state index in [4.69, 9.17) is 0 Å². The van der Waals surface area contributed by atoms with Crippen LogP contribution in [-0.4, -0.2) is 39.4 Å². The van der Waals surface area contributed by atoms with Crippen LogP contribution in [0, 0.1) is 0 Å². The van der Waals surface area contributed by atoms with Crippen molar-refractivity contribution >= 4 is 33.6 Å². The number of amides is 1. The lowest BCUT2D eigenvalue weighted by Crippen LogP contribution is -2.44. The number of hydrogen-bond acceptors (Lipinski definition) is 3. The van der Waals surface area contributed by atoms with Gasteiger partial charge in [-0.1, -0.05) is 19.9 Å². The van der Waals surface area contributed by atoms with Crippen molar-refractivity contribution in [1.82, 2.24) is 9.88 Å². The third kappa shape index (κ3) is 3.22. The number of nitrogens with zero attached hydrogens (tertiary/aromatic N) is 2. The van der Waals surface area contributed by atoms with Gasteiger partial charge in [-0.3, -0.25) is 4.79 Å². The van der Waals surface area contributed by atoms with E-state index in [1.54, 1.807) is 6.07 Å². The quantitative estimate of drug-likeness (QED) is 0.747. The molecule has 3 nitrogen and oxygen atoms in total. The molecule has 1 aliphatic heterocycles. The molecule has 0 N–H and O–H groups in total. The molecule has 1 fully saturated rings. The summed E-state index contributed by atoms with van der Waals surface area (Å²) in [5, 5.41) is 0.990. The van der Waals surface area contributed by atoms with Crippen molar-refractivity contribution in [2.24, 2.45) is 0 Å². The Bertz CT molecular complexity index is 417. The highest BCUT2D eigenvalue weighted by Gasteiger charge is 2.27. The topological polar surface area (TPSA) is 33.2 Å². The number of hydrogen-bond donors (Lipinski definition) is 0. The van der Waals surface area contributed by atoms with Crippen LogP contribution >= 0.6 is 27.7 Å². The zero-order valence-electron chi connectivity index (χ0n) is 9.89. The fourth-order valence-corrected chi connectivity index (χ4v) is 3.70. The van der Waals surface area contributed by atoms with Crippen LogP contribution in [0.2, 0.25) is 0 Å². The standard InChI is InChI=1S/C12H15BrN2OS/c1-8-6-15(7-9(2)17-8)12(16)10-4-3-5-11(13)14-10/h3-5,8-9H,6-7H2,1-2H3. The molecule has 1 aromatic heterocycles. The van der Waals surface area contributed by atoms with Gasteiger partial charge in [0.05, 0.1) is 0 Å². The van der Waals surface area contributed by atoms with Gasteiger partial charge >= 0.3 is 0 Å². The van der Waals surface area contributed by atoms with Crippen LogP contribution in [0.15, 0.2) is 22.8 Å². The summed E-state index contributed by atoms with van der Waals surface area (Å²) in [6, 6.07) is 5.44. The highest BCUT2D eigenvalue weighted by molar-refractivity contribution is 9.10. The average molecular weight is 315 g/mol. The summed E-state index contributed by atoms with van der Waals surface area (Å²) in [4.78, 5) is 18.4. The summed E-state index contributed by atoms with van der Waals surface area (Å²) >= 11 is 5.23. The molecule has 0 aromatic carbocycles. The number of carbonyl (C=O) groups is 1. The largest absolute Gasteiger partial charge is 0.335 e. The Labute approximate surface area is 114 Å². The van der Waals surface area contributed by atoms with E-state index in [1.165, 1.54) is 0 Å². The molecule has 0 aliphatic carbocycles. The Hall–Kier alpha value is -0.550. The highest BCUT2D eigenvalue weighted by Crippen LogP contribution is 2.25. The molecule has 1 aromatic rings. The first-order valence-electron chi connectivity index (χ1n) is 5.63. The van der Waals surface area contributed by atoms with E-state index in [0.29, 0.717) is 20.8 Å². The minimum Gasteiger partial charge on any atom is -0.335 e. The maximum absolute atomic E-state index is 12.3. The first-order chi connectivity index (χ1) is 8.06. The molecular weight excluding hydrogens is 300 g/mol. The Balaban J connectivity index is 2.14. The third-order valence-corrected chi connectivity index (χ3v) is 4.31. The Morgan fingerprint density at radius 1 is 1.41 bits per heavy atom. The van der Waals surface area contributed by atoms with Gasteiger partial charge in [-0.05, 0) is 28.1 Å². The van der Waals surface area contributed by atoms with E-state index in [-0.39, 0.29) is 5.91 Å². The van der Waals surface area contributed by atoms with E-state index < -0.39 is 0 Å². The maximum atomic E-state index is 12.3. The molecule has 0 radical (unpaired) electrons. The van der Waals surface area contributed by atoms with Crippen LogP contribution in [0.3, 0.4) is 0 Å². The van der Waals surface area contributed by atoms with E-state index in [9.17, 15) is 4.79 Å². The van der Waals surface area contributed by atoms with Gasteiger partial charge in [0.25, 0.3) is 5.91 Å². The zero-order chi connectivity index (χ0) is 12.4. The molecule has 2 heterocycles. The van der Waals surface area contributed by atoms with E-state index in [1.807, 2.05) is 28.8 Å². The number of aromatic nitrogens is 1. The molecule has 2 unspecified atom stereocenters. The van der Waals surface area contributed by atoms with Crippen LogP contribution in [0.25, 0.3) is 0 Å². The highest BCUT2D eigenvalue weighted by atomic mass is 79.9. The van der Waals surface area contributed by atoms with Gasteiger partial charge in [0.1, 0.15) is 10.3 Å². The molecule has 17 heavy (non-hydrogen) atoms. The smallest absolute Gasteiger partial charge is 0.272 e. The Kier molecular flexibility index (Phi) is 4.09. The van der Waals surface area contributed by atoms with Gasteiger partial charge in [-0.15, -0.1) is 0 Å². The summed E-state index contributed by atoms with van der Waals surface area (Å²) in [5.41, 5.74) is 0.519. The lowest BCUT2D eigenvalue weighted by molar-refractivity contribution is 0.0747. The van der Waals surface area contributed by atoms with Gasteiger partial charge in [-0.2, -0.15) is 11.8 Å². The molecule has 2 atom stereocenters. The van der Waals surface area contributed by atoms with Gasteiger partial charge in [0, 0.05) is 23.6 Å². The monoisotopic (exact) mass is 314 g/mol. The fourth-order valence-electron chi connectivity index (χ4n) is 2.03. The van der Waals surface area contributed by atoms with Crippen molar-refractivity contribution in [3.05, 3.63) is 28.5 Å². The molecule has 1 saturated heterocycles. The van der Waals surface area contributed by atoms with E-state index >= 15 is 0 Å². The van der Waals surface area contributed by atoms with Crippen molar-refractivity contribution < 1.29 is 4.79 Å². The molecule has 0 saturated carbocycles. The first kappa shape index (κ1) is 12.9. The number of pyridine rings is 1.